The van der Waals surface area contributed by atoms with Crippen LogP contribution in [0.1, 0.15) is 84.6 Å². The van der Waals surface area contributed by atoms with Crippen LogP contribution >= 0.6 is 15.9 Å². The maximum absolute atomic E-state index is 14.2. The van der Waals surface area contributed by atoms with Crippen molar-refractivity contribution in [1.29, 1.82) is 0 Å². The summed E-state index contributed by atoms with van der Waals surface area (Å²) in [7, 11) is 1.53. The van der Waals surface area contributed by atoms with Gasteiger partial charge in [0.1, 0.15) is 29.0 Å². The number of hydrogen-bond donors (Lipinski definition) is 3. The number of carboxylic acid groups (broad SMARTS) is 1. The van der Waals surface area contributed by atoms with Gasteiger partial charge in [0, 0.05) is 25.6 Å². The Kier molecular flexibility index (Phi) is 10.9. The van der Waals surface area contributed by atoms with Crippen LogP contribution in [0, 0.1) is 5.92 Å². The number of nitrogens with one attached hydrogen (secondary N) is 2. The van der Waals surface area contributed by atoms with Crippen molar-refractivity contribution in [2.75, 3.05) is 20.4 Å². The lowest BCUT2D eigenvalue weighted by Crippen LogP contribution is -2.56. The molecule has 2 saturated heterocycles. The van der Waals surface area contributed by atoms with E-state index in [9.17, 15) is 24.3 Å². The molecule has 3 aliphatic rings. The molecule has 0 bridgehead atoms. The summed E-state index contributed by atoms with van der Waals surface area (Å²) < 4.78 is 16.6. The van der Waals surface area contributed by atoms with Gasteiger partial charge in [-0.1, -0.05) is 32.1 Å². The molecule has 0 unspecified atom stereocenters. The van der Waals surface area contributed by atoms with E-state index in [2.05, 4.69) is 42.0 Å². The molecule has 2 aromatic rings. The summed E-state index contributed by atoms with van der Waals surface area (Å²) in [6.07, 6.45) is 5.03. The summed E-state index contributed by atoms with van der Waals surface area (Å²) in [5.74, 6) is -1.36. The predicted octanol–water partition coefficient (Wildman–Crippen LogP) is 3.82. The molecule has 1 saturated carbocycles. The fourth-order valence-corrected chi connectivity index (χ4v) is 6.97. The molecular formula is C32H44BrN7O8. The molecule has 0 spiro atoms. The number of carboxylic acids is 1. The van der Waals surface area contributed by atoms with Gasteiger partial charge in [-0.3, -0.25) is 9.59 Å². The molecular weight excluding hydrogens is 690 g/mol. The Bertz CT molecular complexity index is 1510. The van der Waals surface area contributed by atoms with Crippen LogP contribution in [0.25, 0.3) is 11.4 Å². The molecule has 1 aliphatic carbocycles. The first kappa shape index (κ1) is 35.5. The van der Waals surface area contributed by atoms with E-state index in [-0.39, 0.29) is 25.7 Å². The zero-order valence-corrected chi connectivity index (χ0v) is 29.3. The minimum Gasteiger partial charge on any atom is -0.479 e. The zero-order valence-electron chi connectivity index (χ0n) is 27.7. The summed E-state index contributed by atoms with van der Waals surface area (Å²) in [5.41, 5.74) is -1.48. The van der Waals surface area contributed by atoms with Crippen LogP contribution in [0.15, 0.2) is 22.7 Å². The van der Waals surface area contributed by atoms with Gasteiger partial charge < -0.3 is 34.9 Å². The highest BCUT2D eigenvalue weighted by molar-refractivity contribution is 9.10. The first-order chi connectivity index (χ1) is 22.8. The molecule has 16 heteroatoms. The number of carbonyl (C=O) groups is 4. The molecule has 0 radical (unpaired) electrons. The van der Waals surface area contributed by atoms with E-state index in [1.165, 1.54) is 16.8 Å². The Balaban J connectivity index is 1.42. The highest BCUT2D eigenvalue weighted by Crippen LogP contribution is 2.47. The number of nitrogens with zero attached hydrogens (tertiary/aromatic N) is 5. The normalized spacial score (nSPS) is 26.7. The molecule has 3 N–H and O–H groups in total. The van der Waals surface area contributed by atoms with E-state index in [1.54, 1.807) is 39.0 Å². The molecule has 3 fully saturated rings. The number of methoxy groups -OCH3 is 1. The van der Waals surface area contributed by atoms with Gasteiger partial charge >= 0.3 is 12.1 Å². The number of tetrazole rings is 1. The standard InChI is InChI=1S/C32H44BrN7O8/c1-31(2,3)48-30(45)34-23-11-9-7-5-6-8-10-20-16-32(20,29(43)44)35-27(41)24-15-21(17-39(24)28(23)42)40-37-26(36-38-40)19-12-13-25(22(33)14-19)47-18-46-4/h12-14,20-21,23-24H,5-11,15-18H2,1-4H3,(H,34,45)(H,35,41)(H,43,44)/t20-,21+,23+,24+,32+/m1/s1. The lowest BCUT2D eigenvalue weighted by molar-refractivity contribution is -0.146. The summed E-state index contributed by atoms with van der Waals surface area (Å²) in [6.45, 7) is 5.35. The fourth-order valence-electron chi connectivity index (χ4n) is 6.47. The monoisotopic (exact) mass is 733 g/mol. The minimum absolute atomic E-state index is 0.0518. The van der Waals surface area contributed by atoms with Gasteiger partial charge in [-0.2, -0.15) is 4.80 Å². The Morgan fingerprint density at radius 1 is 1.15 bits per heavy atom. The number of aromatic nitrogens is 4. The number of benzene rings is 1. The topological polar surface area (TPSA) is 187 Å². The lowest BCUT2D eigenvalue weighted by atomic mass is 10.0. The van der Waals surface area contributed by atoms with Crippen LogP contribution in [0.2, 0.25) is 0 Å². The molecule has 48 heavy (non-hydrogen) atoms. The molecule has 15 nitrogen and oxygen atoms in total. The van der Waals surface area contributed by atoms with Crippen LogP contribution in [0.4, 0.5) is 4.79 Å². The van der Waals surface area contributed by atoms with Gasteiger partial charge in [0.15, 0.2) is 6.79 Å². The van der Waals surface area contributed by atoms with Gasteiger partial charge in [-0.25, -0.2) is 9.59 Å². The average Bonchev–Trinajstić information content (AvgIpc) is 3.32. The van der Waals surface area contributed by atoms with E-state index in [0.29, 0.717) is 47.3 Å². The van der Waals surface area contributed by atoms with E-state index in [1.807, 2.05) is 0 Å². The Morgan fingerprint density at radius 3 is 2.56 bits per heavy atom. The second-order valence-corrected chi connectivity index (χ2v) is 14.6. The number of amides is 3. The van der Waals surface area contributed by atoms with E-state index in [0.717, 1.165) is 25.7 Å². The van der Waals surface area contributed by atoms with Gasteiger partial charge in [0.2, 0.25) is 17.6 Å². The van der Waals surface area contributed by atoms with Gasteiger partial charge in [-0.15, -0.1) is 10.2 Å². The second-order valence-electron chi connectivity index (χ2n) is 13.7. The second kappa shape index (κ2) is 14.8. The van der Waals surface area contributed by atoms with Gasteiger partial charge in [0.05, 0.1) is 10.5 Å². The number of fused-ring (bicyclic) bond motifs is 2. The van der Waals surface area contributed by atoms with Gasteiger partial charge in [0.25, 0.3) is 0 Å². The van der Waals surface area contributed by atoms with Crippen LogP contribution < -0.4 is 15.4 Å². The average molecular weight is 735 g/mol. The largest absolute Gasteiger partial charge is 0.479 e. The number of aliphatic carboxylic acids is 1. The fraction of sp³-hybridized carbons (Fsp3) is 0.656. The lowest BCUT2D eigenvalue weighted by Gasteiger charge is -2.30. The molecule has 3 amide bonds. The molecule has 5 rings (SSSR count). The number of alkyl carbamates (subject to hydrolysis) is 1. The van der Waals surface area contributed by atoms with Gasteiger partial charge in [-0.05, 0) is 85.3 Å². The number of hydrogen-bond acceptors (Lipinski definition) is 10. The van der Waals surface area contributed by atoms with Crippen molar-refractivity contribution < 1.29 is 38.5 Å². The van der Waals surface area contributed by atoms with Crippen molar-refractivity contribution >= 4 is 39.8 Å². The highest BCUT2D eigenvalue weighted by Gasteiger charge is 2.62. The van der Waals surface area contributed by atoms with E-state index >= 15 is 0 Å². The van der Waals surface area contributed by atoms with Crippen molar-refractivity contribution in [3.8, 4) is 17.1 Å². The van der Waals surface area contributed by atoms with Crippen molar-refractivity contribution in [3.63, 3.8) is 0 Å². The van der Waals surface area contributed by atoms with E-state index in [4.69, 9.17) is 14.2 Å². The highest BCUT2D eigenvalue weighted by atomic mass is 79.9. The maximum Gasteiger partial charge on any atom is 0.408 e. The minimum atomic E-state index is -1.36. The molecule has 262 valence electrons. The van der Waals surface area contributed by atoms with Crippen LogP contribution in [-0.2, 0) is 23.9 Å². The molecule has 2 aliphatic heterocycles. The summed E-state index contributed by atoms with van der Waals surface area (Å²) in [6, 6.07) is 2.79. The number of ether oxygens (including phenoxy) is 3. The van der Waals surface area contributed by atoms with Crippen molar-refractivity contribution in [3.05, 3.63) is 22.7 Å². The SMILES string of the molecule is COCOc1ccc(-c2nnn([C@H]3C[C@H]4C(=O)N[C@@]5(C(=O)O)C[C@H]5CCCCCCC[C@H](NC(=O)OC(C)(C)C)C(=O)N4C3)n2)cc1Br. The molecule has 3 heterocycles. The Hall–Kier alpha value is -3.79. The quantitative estimate of drug-likeness (QED) is 0.351. The molecule has 1 aromatic carbocycles. The van der Waals surface area contributed by atoms with Crippen molar-refractivity contribution in [1.82, 2.24) is 35.7 Å². The molecule has 1 aromatic heterocycles. The number of carbonyl (C=O) groups excluding carboxylic acids is 3. The number of halogens is 1. The third kappa shape index (κ3) is 8.25. The molecule has 5 atom stereocenters. The number of rotatable bonds is 7. The van der Waals surface area contributed by atoms with E-state index < -0.39 is 53.1 Å². The third-order valence-electron chi connectivity index (χ3n) is 9.01. The third-order valence-corrected chi connectivity index (χ3v) is 9.63. The first-order valence-corrected chi connectivity index (χ1v) is 17.2. The van der Waals surface area contributed by atoms with Crippen LogP contribution in [0.3, 0.4) is 0 Å². The predicted molar refractivity (Wildman–Crippen MR) is 175 cm³/mol. The first-order valence-electron chi connectivity index (χ1n) is 16.4. The van der Waals surface area contributed by atoms with Crippen molar-refractivity contribution in [2.24, 2.45) is 5.92 Å². The maximum atomic E-state index is 14.2. The zero-order chi connectivity index (χ0) is 34.6. The van der Waals surface area contributed by atoms with Crippen molar-refractivity contribution in [2.45, 2.75) is 108 Å². The Morgan fingerprint density at radius 2 is 1.88 bits per heavy atom. The summed E-state index contributed by atoms with van der Waals surface area (Å²) in [4.78, 5) is 56.2. The smallest absolute Gasteiger partial charge is 0.408 e. The Labute approximate surface area is 287 Å². The summed E-state index contributed by atoms with van der Waals surface area (Å²) >= 11 is 3.48. The van der Waals surface area contributed by atoms with Crippen LogP contribution in [0.5, 0.6) is 5.75 Å². The van der Waals surface area contributed by atoms with Crippen LogP contribution in [-0.4, -0.2) is 97.8 Å². The summed E-state index contributed by atoms with van der Waals surface area (Å²) in [5, 5.41) is 28.8.